The molecule has 0 aliphatic heterocycles. The molecular weight excluding hydrogens is 262 g/mol. The van der Waals surface area contributed by atoms with Crippen molar-refractivity contribution < 1.29 is 4.79 Å². The number of nitrogens with two attached hydrogens (primary N) is 1. The lowest BCUT2D eigenvalue weighted by molar-refractivity contribution is -0.119. The Kier molecular flexibility index (Phi) is 5.86. The number of hydrogen-bond acceptors (Lipinski definition) is 2. The number of aromatic nitrogens is 1. The number of rotatable bonds is 5. The highest BCUT2D eigenvalue weighted by Crippen LogP contribution is 2.22. The maximum Gasteiger partial charge on any atom is 0.233 e. The third-order valence-corrected chi connectivity index (χ3v) is 3.17. The number of benzene rings is 1. The van der Waals surface area contributed by atoms with E-state index in [4.69, 9.17) is 5.73 Å². The summed E-state index contributed by atoms with van der Waals surface area (Å²) >= 11 is 0. The lowest BCUT2D eigenvalue weighted by Gasteiger charge is -2.03. The molecule has 0 fully saturated rings. The Morgan fingerprint density at radius 1 is 1.37 bits per heavy atom. The van der Waals surface area contributed by atoms with E-state index in [2.05, 4.69) is 35.4 Å². The second kappa shape index (κ2) is 7.16. The number of halogens is 1. The van der Waals surface area contributed by atoms with Crippen LogP contribution in [0.3, 0.4) is 0 Å². The second-order valence-corrected chi connectivity index (χ2v) is 4.31. The molecule has 0 radical (unpaired) electrons. The van der Waals surface area contributed by atoms with Crippen LogP contribution < -0.4 is 11.1 Å². The Morgan fingerprint density at radius 3 is 2.84 bits per heavy atom. The van der Waals surface area contributed by atoms with Gasteiger partial charge in [-0.25, -0.2) is 0 Å². The average Bonchev–Trinajstić information content (AvgIpc) is 2.82. The zero-order valence-electron chi connectivity index (χ0n) is 11.0. The van der Waals surface area contributed by atoms with Crippen molar-refractivity contribution in [2.45, 2.75) is 19.8 Å². The quantitative estimate of drug-likeness (QED) is 0.782. The van der Waals surface area contributed by atoms with E-state index >= 15 is 0 Å². The fourth-order valence-corrected chi connectivity index (χ4v) is 2.19. The van der Waals surface area contributed by atoms with E-state index in [-0.39, 0.29) is 24.9 Å². The minimum atomic E-state index is -0.107. The molecule has 2 aromatic rings. The summed E-state index contributed by atoms with van der Waals surface area (Å²) in [6.45, 7) is 2.82. The highest BCUT2D eigenvalue weighted by Gasteiger charge is 2.06. The molecule has 4 nitrogen and oxygen atoms in total. The number of para-hydroxylation sites is 1. The van der Waals surface area contributed by atoms with Crippen molar-refractivity contribution in [1.82, 2.24) is 10.3 Å². The maximum atomic E-state index is 11.1. The molecule has 0 unspecified atom stereocenters. The van der Waals surface area contributed by atoms with Crippen molar-refractivity contribution in [1.29, 1.82) is 0 Å². The van der Waals surface area contributed by atoms with Gasteiger partial charge in [-0.15, -0.1) is 12.4 Å². The molecule has 19 heavy (non-hydrogen) atoms. The van der Waals surface area contributed by atoms with E-state index < -0.39 is 0 Å². The summed E-state index contributed by atoms with van der Waals surface area (Å²) in [4.78, 5) is 14.4. The van der Waals surface area contributed by atoms with Crippen LogP contribution in [-0.2, 0) is 17.6 Å². The molecule has 1 amide bonds. The summed E-state index contributed by atoms with van der Waals surface area (Å²) in [7, 11) is 0. The average molecular weight is 282 g/mol. The number of carbonyl (C=O) groups excluding carboxylic acids is 1. The van der Waals surface area contributed by atoms with Gasteiger partial charge < -0.3 is 16.0 Å². The topological polar surface area (TPSA) is 70.9 Å². The first-order valence-electron chi connectivity index (χ1n) is 6.31. The molecule has 1 aromatic carbocycles. The van der Waals surface area contributed by atoms with Gasteiger partial charge >= 0.3 is 0 Å². The molecule has 4 N–H and O–H groups in total. The number of aromatic amines is 1. The van der Waals surface area contributed by atoms with Crippen LogP contribution in [-0.4, -0.2) is 24.0 Å². The third-order valence-electron chi connectivity index (χ3n) is 3.17. The zero-order chi connectivity index (χ0) is 13.0. The summed E-state index contributed by atoms with van der Waals surface area (Å²) in [5.41, 5.74) is 9.01. The normalized spacial score (nSPS) is 10.2. The molecule has 104 valence electrons. The van der Waals surface area contributed by atoms with E-state index in [1.807, 2.05) is 6.20 Å². The van der Waals surface area contributed by atoms with Gasteiger partial charge in [0, 0.05) is 23.6 Å². The van der Waals surface area contributed by atoms with Crippen LogP contribution in [0.25, 0.3) is 10.9 Å². The minimum Gasteiger partial charge on any atom is -0.361 e. The molecule has 0 aliphatic carbocycles. The summed E-state index contributed by atoms with van der Waals surface area (Å²) in [6.07, 6.45) is 3.86. The van der Waals surface area contributed by atoms with Crippen molar-refractivity contribution in [2.75, 3.05) is 13.1 Å². The molecule has 2 rings (SSSR count). The van der Waals surface area contributed by atoms with Crippen molar-refractivity contribution in [3.8, 4) is 0 Å². The number of H-pyrrole nitrogens is 1. The van der Waals surface area contributed by atoms with Crippen molar-refractivity contribution in [3.63, 3.8) is 0 Å². The molecule has 0 spiro atoms. The first-order chi connectivity index (χ1) is 8.76. The van der Waals surface area contributed by atoms with Crippen LogP contribution in [0.5, 0.6) is 0 Å². The van der Waals surface area contributed by atoms with E-state index in [1.54, 1.807) is 0 Å². The number of amides is 1. The summed E-state index contributed by atoms with van der Waals surface area (Å²) in [5, 5.41) is 4.03. The summed E-state index contributed by atoms with van der Waals surface area (Å²) in [6, 6.07) is 6.33. The van der Waals surface area contributed by atoms with Crippen LogP contribution in [0, 0.1) is 0 Å². The number of nitrogens with one attached hydrogen (secondary N) is 2. The lowest BCUT2D eigenvalue weighted by Crippen LogP contribution is -2.31. The predicted molar refractivity (Wildman–Crippen MR) is 80.7 cm³/mol. The monoisotopic (exact) mass is 281 g/mol. The molecule has 0 aliphatic rings. The largest absolute Gasteiger partial charge is 0.361 e. The molecule has 0 bridgehead atoms. The van der Waals surface area contributed by atoms with E-state index in [0.29, 0.717) is 6.54 Å². The number of carbonyl (C=O) groups is 1. The van der Waals surface area contributed by atoms with E-state index in [0.717, 1.165) is 12.8 Å². The predicted octanol–water partition coefficient (Wildman–Crippen LogP) is 1.77. The Labute approximate surface area is 119 Å². The summed E-state index contributed by atoms with van der Waals surface area (Å²) in [5.74, 6) is -0.107. The molecule has 5 heteroatoms. The Morgan fingerprint density at radius 2 is 2.16 bits per heavy atom. The SMILES string of the molecule is CCc1cccc2c(CCNC(=O)CN)c[nH]c12.Cl. The van der Waals surface area contributed by atoms with Gasteiger partial charge in [0.05, 0.1) is 6.54 Å². The first kappa shape index (κ1) is 15.5. The van der Waals surface area contributed by atoms with Crippen molar-refractivity contribution in [3.05, 3.63) is 35.5 Å². The molecule has 1 aromatic heterocycles. The fraction of sp³-hybridized carbons (Fsp3) is 0.357. The second-order valence-electron chi connectivity index (χ2n) is 4.31. The van der Waals surface area contributed by atoms with Gasteiger partial charge in [0.15, 0.2) is 0 Å². The Bertz CT molecular complexity index is 551. The van der Waals surface area contributed by atoms with Crippen LogP contribution >= 0.6 is 12.4 Å². The smallest absolute Gasteiger partial charge is 0.233 e. The highest BCUT2D eigenvalue weighted by molar-refractivity contribution is 5.86. The lowest BCUT2D eigenvalue weighted by atomic mass is 10.1. The standard InChI is InChI=1S/C14H19N3O.ClH/c1-2-10-4-3-5-12-11(9-17-14(10)12)6-7-16-13(18)8-15;/h3-5,9,17H,2,6-8,15H2,1H3,(H,16,18);1H. The third kappa shape index (κ3) is 3.49. The fourth-order valence-electron chi connectivity index (χ4n) is 2.19. The van der Waals surface area contributed by atoms with Gasteiger partial charge in [-0.1, -0.05) is 25.1 Å². The van der Waals surface area contributed by atoms with Gasteiger partial charge in [0.2, 0.25) is 5.91 Å². The van der Waals surface area contributed by atoms with Crippen LogP contribution in [0.15, 0.2) is 24.4 Å². The van der Waals surface area contributed by atoms with Gasteiger partial charge in [0.1, 0.15) is 0 Å². The maximum absolute atomic E-state index is 11.1. The zero-order valence-corrected chi connectivity index (χ0v) is 11.8. The molecule has 1 heterocycles. The first-order valence-corrected chi connectivity index (χ1v) is 6.31. The van der Waals surface area contributed by atoms with E-state index in [1.165, 1.54) is 22.0 Å². The minimum absolute atomic E-state index is 0. The van der Waals surface area contributed by atoms with Crippen molar-refractivity contribution >= 4 is 29.2 Å². The van der Waals surface area contributed by atoms with Gasteiger partial charge in [-0.05, 0) is 24.0 Å². The molecule has 0 saturated carbocycles. The number of aryl methyl sites for hydroxylation is 1. The highest BCUT2D eigenvalue weighted by atomic mass is 35.5. The van der Waals surface area contributed by atoms with Crippen LogP contribution in [0.1, 0.15) is 18.1 Å². The molecule has 0 atom stereocenters. The van der Waals surface area contributed by atoms with Gasteiger partial charge in [0.25, 0.3) is 0 Å². The van der Waals surface area contributed by atoms with Crippen LogP contribution in [0.4, 0.5) is 0 Å². The van der Waals surface area contributed by atoms with E-state index in [9.17, 15) is 4.79 Å². The number of hydrogen-bond donors (Lipinski definition) is 3. The summed E-state index contributed by atoms with van der Waals surface area (Å²) < 4.78 is 0. The van der Waals surface area contributed by atoms with Crippen LogP contribution in [0.2, 0.25) is 0 Å². The Balaban J connectivity index is 0.00000180. The number of fused-ring (bicyclic) bond motifs is 1. The van der Waals surface area contributed by atoms with Gasteiger partial charge in [-0.2, -0.15) is 0 Å². The Hall–Kier alpha value is -1.52. The molecule has 0 saturated heterocycles. The van der Waals surface area contributed by atoms with Crippen molar-refractivity contribution in [2.24, 2.45) is 5.73 Å². The molecular formula is C14H20ClN3O. The van der Waals surface area contributed by atoms with Gasteiger partial charge in [-0.3, -0.25) is 4.79 Å².